The fourth-order valence-electron chi connectivity index (χ4n) is 5.31. The van der Waals surface area contributed by atoms with Crippen molar-refractivity contribution < 1.29 is 14.7 Å². The van der Waals surface area contributed by atoms with Crippen LogP contribution in [0.2, 0.25) is 0 Å². The summed E-state index contributed by atoms with van der Waals surface area (Å²) in [5.74, 6) is 1.21. The van der Waals surface area contributed by atoms with Crippen molar-refractivity contribution in [3.05, 3.63) is 64.9 Å². The fraction of sp³-hybridized carbons (Fsp3) is 0.333. The van der Waals surface area contributed by atoms with E-state index in [4.69, 9.17) is 0 Å². The molecule has 4 aromatic rings. The summed E-state index contributed by atoms with van der Waals surface area (Å²) in [5.41, 5.74) is 2.96. The Kier molecular flexibility index (Phi) is 6.19. The van der Waals surface area contributed by atoms with Gasteiger partial charge in [0.15, 0.2) is 0 Å². The zero-order valence-corrected chi connectivity index (χ0v) is 22.5. The highest BCUT2D eigenvalue weighted by Gasteiger charge is 2.56. The van der Waals surface area contributed by atoms with Crippen LogP contribution >= 0.6 is 15.9 Å². The average molecular weight is 576 g/mol. The number of amides is 2. The minimum Gasteiger partial charge on any atom is -0.387 e. The van der Waals surface area contributed by atoms with Crippen molar-refractivity contribution in [2.24, 2.45) is 11.8 Å². The van der Waals surface area contributed by atoms with Crippen LogP contribution in [0.15, 0.2) is 53.4 Å². The molecule has 10 nitrogen and oxygen atoms in total. The molecule has 2 N–H and O–H groups in total. The van der Waals surface area contributed by atoms with E-state index in [0.29, 0.717) is 34.4 Å². The Morgan fingerprint density at radius 2 is 1.97 bits per heavy atom. The zero-order chi connectivity index (χ0) is 26.6. The van der Waals surface area contributed by atoms with Crippen LogP contribution in [-0.2, 0) is 16.1 Å². The number of benzene rings is 1. The van der Waals surface area contributed by atoms with E-state index in [2.05, 4.69) is 41.3 Å². The third-order valence-electron chi connectivity index (χ3n) is 7.28. The molecule has 1 unspecified atom stereocenters. The van der Waals surface area contributed by atoms with Gasteiger partial charge in [-0.3, -0.25) is 14.3 Å². The number of nitrogens with zero attached hydrogens (tertiary/aromatic N) is 6. The highest BCUT2D eigenvalue weighted by atomic mass is 79.9. The topological polar surface area (TPSA) is 126 Å². The number of hydrogen-bond donors (Lipinski definition) is 2. The first-order chi connectivity index (χ1) is 18.3. The van der Waals surface area contributed by atoms with Crippen LogP contribution in [0.3, 0.4) is 0 Å². The van der Waals surface area contributed by atoms with Gasteiger partial charge in [0.1, 0.15) is 28.8 Å². The Hall–Kier alpha value is -3.70. The molecule has 2 amide bonds. The van der Waals surface area contributed by atoms with Gasteiger partial charge in [-0.05, 0) is 77.9 Å². The highest BCUT2D eigenvalue weighted by molar-refractivity contribution is 9.10. The molecule has 2 fully saturated rings. The molecule has 2 aliphatic rings. The fourth-order valence-corrected chi connectivity index (χ4v) is 5.65. The molecule has 1 aliphatic heterocycles. The monoisotopic (exact) mass is 575 g/mol. The van der Waals surface area contributed by atoms with E-state index >= 15 is 0 Å². The number of anilines is 1. The van der Waals surface area contributed by atoms with Crippen molar-refractivity contribution in [3.63, 3.8) is 0 Å². The van der Waals surface area contributed by atoms with Crippen molar-refractivity contribution in [1.82, 2.24) is 29.6 Å². The average Bonchev–Trinajstić information content (AvgIpc) is 3.39. The lowest BCUT2D eigenvalue weighted by atomic mass is 10.0. The largest absolute Gasteiger partial charge is 0.387 e. The van der Waals surface area contributed by atoms with Gasteiger partial charge >= 0.3 is 0 Å². The third kappa shape index (κ3) is 4.56. The number of aliphatic hydroxyl groups is 1. The summed E-state index contributed by atoms with van der Waals surface area (Å²) in [6, 6.07) is 10.5. The van der Waals surface area contributed by atoms with Gasteiger partial charge in [0.25, 0.3) is 0 Å². The van der Waals surface area contributed by atoms with E-state index in [1.165, 1.54) is 0 Å². The number of fused-ring (bicyclic) bond motifs is 2. The van der Waals surface area contributed by atoms with Crippen LogP contribution in [0.4, 0.5) is 5.82 Å². The quantitative estimate of drug-likeness (QED) is 0.337. The van der Waals surface area contributed by atoms with E-state index in [1.807, 2.05) is 25.1 Å². The zero-order valence-electron chi connectivity index (χ0n) is 20.9. The van der Waals surface area contributed by atoms with Gasteiger partial charge in [-0.25, -0.2) is 15.0 Å². The predicted molar refractivity (Wildman–Crippen MR) is 144 cm³/mol. The van der Waals surface area contributed by atoms with E-state index in [1.54, 1.807) is 47.1 Å². The number of likely N-dealkylation sites (tertiary alicyclic amines) is 1. The number of carbonyl (C=O) groups excluding carboxylic acids is 2. The van der Waals surface area contributed by atoms with Gasteiger partial charge in [-0.1, -0.05) is 12.1 Å². The molecular weight excluding hydrogens is 550 g/mol. The second kappa shape index (κ2) is 9.55. The Labute approximate surface area is 227 Å². The van der Waals surface area contributed by atoms with Crippen LogP contribution in [0.1, 0.15) is 31.0 Å². The minimum atomic E-state index is -0.825. The van der Waals surface area contributed by atoms with E-state index < -0.39 is 12.1 Å². The normalized spacial score (nSPS) is 20.8. The third-order valence-corrected chi connectivity index (χ3v) is 7.72. The molecule has 1 saturated heterocycles. The molecule has 1 saturated carbocycles. The van der Waals surface area contributed by atoms with Crippen LogP contribution < -0.4 is 5.32 Å². The summed E-state index contributed by atoms with van der Waals surface area (Å²) in [6.07, 6.45) is 3.63. The van der Waals surface area contributed by atoms with Gasteiger partial charge in [0.05, 0.1) is 17.3 Å². The number of hydrogen-bond acceptors (Lipinski definition) is 7. The molecule has 0 radical (unpaired) electrons. The number of nitrogens with one attached hydrogen (secondary N) is 1. The van der Waals surface area contributed by atoms with Gasteiger partial charge < -0.3 is 15.3 Å². The number of halogens is 1. The molecule has 0 spiro atoms. The lowest BCUT2D eigenvalue weighted by Crippen LogP contribution is -2.47. The van der Waals surface area contributed by atoms with Crippen molar-refractivity contribution >= 4 is 44.5 Å². The summed E-state index contributed by atoms with van der Waals surface area (Å²) in [4.78, 5) is 41.2. The second-order valence-corrected chi connectivity index (χ2v) is 10.8. The van der Waals surface area contributed by atoms with Crippen molar-refractivity contribution in [3.8, 4) is 11.1 Å². The molecule has 1 aliphatic carbocycles. The Balaban J connectivity index is 1.26. The van der Waals surface area contributed by atoms with Gasteiger partial charge in [0.2, 0.25) is 11.8 Å². The molecule has 6 rings (SSSR count). The molecule has 11 heteroatoms. The van der Waals surface area contributed by atoms with Crippen LogP contribution in [0, 0.1) is 18.8 Å². The van der Waals surface area contributed by atoms with Crippen molar-refractivity contribution in [1.29, 1.82) is 0 Å². The SMILES string of the molecule is Cc1ncc(-c2ccc3c(c2)c(C(C)O)nn3CC(=O)N2C[C@H]3C[C@H]3[C@H]2C(=O)Nc2cccc(Br)n2)cn1. The van der Waals surface area contributed by atoms with Crippen LogP contribution in [0.5, 0.6) is 0 Å². The molecule has 38 heavy (non-hydrogen) atoms. The number of piperidine rings is 1. The van der Waals surface area contributed by atoms with Crippen LogP contribution in [-0.4, -0.2) is 59.1 Å². The molecular formula is C27H26BrN7O3. The standard InChI is InChI=1S/C27H26BrN7O3/c1-14(36)25-20-8-16(18-10-29-15(2)30-11-18)6-7-21(20)35(33-25)13-24(37)34-12-17-9-19(17)26(34)27(38)32-23-5-3-4-22(28)31-23/h3-8,10-11,14,17,19,26,36H,9,12-13H2,1-2H3,(H,31,32,38)/t14?,17-,19-,26+/m1/s1. The lowest BCUT2D eigenvalue weighted by Gasteiger charge is -2.26. The number of aryl methyl sites for hydroxylation is 1. The molecule has 4 atom stereocenters. The maximum absolute atomic E-state index is 13.5. The Bertz CT molecular complexity index is 1550. The maximum atomic E-state index is 13.5. The second-order valence-electron chi connectivity index (χ2n) is 9.96. The first kappa shape index (κ1) is 24.6. The molecule has 1 aromatic carbocycles. The number of rotatable bonds is 6. The summed E-state index contributed by atoms with van der Waals surface area (Å²) < 4.78 is 2.24. The first-order valence-corrected chi connectivity index (χ1v) is 13.3. The molecule has 194 valence electrons. The number of pyridine rings is 1. The minimum absolute atomic E-state index is 0.0332. The van der Waals surface area contributed by atoms with E-state index in [-0.39, 0.29) is 24.3 Å². The van der Waals surface area contributed by atoms with E-state index in [9.17, 15) is 14.7 Å². The molecule has 4 heterocycles. The smallest absolute Gasteiger partial charge is 0.248 e. The van der Waals surface area contributed by atoms with Crippen molar-refractivity contribution in [2.75, 3.05) is 11.9 Å². The number of carbonyl (C=O) groups is 2. The number of aromatic nitrogens is 5. The van der Waals surface area contributed by atoms with Gasteiger partial charge in [0, 0.05) is 29.9 Å². The van der Waals surface area contributed by atoms with Gasteiger partial charge in [-0.15, -0.1) is 0 Å². The summed E-state index contributed by atoms with van der Waals surface area (Å²) in [6.45, 7) is 4.00. The predicted octanol–water partition coefficient (Wildman–Crippen LogP) is 3.50. The molecule has 3 aromatic heterocycles. The highest BCUT2D eigenvalue weighted by Crippen LogP contribution is 2.50. The molecule has 0 bridgehead atoms. The summed E-state index contributed by atoms with van der Waals surface area (Å²) >= 11 is 3.32. The number of aliphatic hydroxyl groups excluding tert-OH is 1. The van der Waals surface area contributed by atoms with Crippen molar-refractivity contribution in [2.45, 2.75) is 39.0 Å². The summed E-state index contributed by atoms with van der Waals surface area (Å²) in [5, 5.41) is 18.7. The van der Waals surface area contributed by atoms with Gasteiger partial charge in [-0.2, -0.15) is 5.10 Å². The Morgan fingerprint density at radius 1 is 1.18 bits per heavy atom. The van der Waals surface area contributed by atoms with Crippen LogP contribution in [0.25, 0.3) is 22.0 Å². The van der Waals surface area contributed by atoms with E-state index in [0.717, 1.165) is 28.5 Å². The maximum Gasteiger partial charge on any atom is 0.248 e. The first-order valence-electron chi connectivity index (χ1n) is 12.5. The Morgan fingerprint density at radius 3 is 2.71 bits per heavy atom. The lowest BCUT2D eigenvalue weighted by molar-refractivity contribution is -0.138. The summed E-state index contributed by atoms with van der Waals surface area (Å²) in [7, 11) is 0.